The van der Waals surface area contributed by atoms with Gasteiger partial charge < -0.3 is 5.32 Å². The number of rotatable bonds is 2. The summed E-state index contributed by atoms with van der Waals surface area (Å²) in [6, 6.07) is 0.727. The summed E-state index contributed by atoms with van der Waals surface area (Å²) in [6.45, 7) is 4.35. The SMILES string of the molecule is FCC1CCCN(C2CCNCC2)C1. The van der Waals surface area contributed by atoms with Crippen molar-refractivity contribution in [2.75, 3.05) is 32.9 Å². The third-order valence-corrected chi connectivity index (χ3v) is 3.59. The highest BCUT2D eigenvalue weighted by Crippen LogP contribution is 2.22. The van der Waals surface area contributed by atoms with Gasteiger partial charge in [-0.15, -0.1) is 0 Å². The number of piperidine rings is 2. The lowest BCUT2D eigenvalue weighted by Crippen LogP contribution is -2.47. The first-order valence-corrected chi connectivity index (χ1v) is 5.91. The van der Waals surface area contributed by atoms with Crippen LogP contribution in [0.5, 0.6) is 0 Å². The van der Waals surface area contributed by atoms with E-state index in [1.807, 2.05) is 0 Å². The predicted molar refractivity (Wildman–Crippen MR) is 56.2 cm³/mol. The van der Waals surface area contributed by atoms with Gasteiger partial charge in [0.05, 0.1) is 6.67 Å². The second-order valence-corrected chi connectivity index (χ2v) is 4.64. The Morgan fingerprint density at radius 1 is 1.21 bits per heavy atom. The molecule has 0 aromatic rings. The first-order chi connectivity index (χ1) is 6.90. The molecule has 82 valence electrons. The van der Waals surface area contributed by atoms with Crippen LogP contribution in [0.25, 0.3) is 0 Å². The van der Waals surface area contributed by atoms with Gasteiger partial charge in [-0.1, -0.05) is 0 Å². The van der Waals surface area contributed by atoms with Crippen LogP contribution in [0.2, 0.25) is 0 Å². The van der Waals surface area contributed by atoms with Crippen molar-refractivity contribution in [3.63, 3.8) is 0 Å². The van der Waals surface area contributed by atoms with E-state index in [4.69, 9.17) is 0 Å². The van der Waals surface area contributed by atoms with Crippen LogP contribution in [0.3, 0.4) is 0 Å². The fraction of sp³-hybridized carbons (Fsp3) is 1.00. The van der Waals surface area contributed by atoms with Gasteiger partial charge in [0.25, 0.3) is 0 Å². The Labute approximate surface area is 85.9 Å². The molecule has 2 nitrogen and oxygen atoms in total. The van der Waals surface area contributed by atoms with Gasteiger partial charge in [0.1, 0.15) is 0 Å². The molecule has 2 saturated heterocycles. The molecule has 2 aliphatic rings. The Bertz CT molecular complexity index is 169. The number of likely N-dealkylation sites (tertiary alicyclic amines) is 1. The van der Waals surface area contributed by atoms with Gasteiger partial charge >= 0.3 is 0 Å². The number of hydrogen-bond acceptors (Lipinski definition) is 2. The molecule has 0 aromatic heterocycles. The maximum Gasteiger partial charge on any atom is 0.0934 e. The lowest BCUT2D eigenvalue weighted by atomic mass is 9.95. The van der Waals surface area contributed by atoms with E-state index in [2.05, 4.69) is 10.2 Å². The van der Waals surface area contributed by atoms with Gasteiger partial charge in [0, 0.05) is 18.5 Å². The summed E-state index contributed by atoms with van der Waals surface area (Å²) in [7, 11) is 0. The molecule has 0 bridgehead atoms. The third kappa shape index (κ3) is 2.45. The zero-order valence-corrected chi connectivity index (χ0v) is 8.84. The summed E-state index contributed by atoms with van der Waals surface area (Å²) in [5.41, 5.74) is 0. The number of nitrogens with zero attached hydrogens (tertiary/aromatic N) is 1. The highest BCUT2D eigenvalue weighted by molar-refractivity contribution is 4.82. The van der Waals surface area contributed by atoms with Gasteiger partial charge in [-0.3, -0.25) is 9.29 Å². The van der Waals surface area contributed by atoms with Crippen LogP contribution in [0.1, 0.15) is 25.7 Å². The van der Waals surface area contributed by atoms with Crippen LogP contribution in [0, 0.1) is 5.92 Å². The summed E-state index contributed by atoms with van der Waals surface area (Å²) >= 11 is 0. The van der Waals surface area contributed by atoms with Crippen LogP contribution < -0.4 is 5.32 Å². The normalized spacial score (nSPS) is 31.9. The largest absolute Gasteiger partial charge is 0.317 e. The Hall–Kier alpha value is -0.150. The molecule has 2 aliphatic heterocycles. The van der Waals surface area contributed by atoms with Crippen LogP contribution in [-0.4, -0.2) is 43.8 Å². The summed E-state index contributed by atoms with van der Waals surface area (Å²) < 4.78 is 12.6. The van der Waals surface area contributed by atoms with E-state index in [0.29, 0.717) is 5.92 Å². The highest BCUT2D eigenvalue weighted by Gasteiger charge is 2.26. The minimum atomic E-state index is -0.124. The first kappa shape index (κ1) is 10.4. The standard InChI is InChI=1S/C11H21FN2/c12-8-10-2-1-7-14(9-10)11-3-5-13-6-4-11/h10-11,13H,1-9H2. The van der Waals surface area contributed by atoms with Gasteiger partial charge in [-0.2, -0.15) is 0 Å². The fourth-order valence-electron chi connectivity index (χ4n) is 2.73. The molecule has 2 rings (SSSR count). The number of alkyl halides is 1. The molecule has 14 heavy (non-hydrogen) atoms. The lowest BCUT2D eigenvalue weighted by molar-refractivity contribution is 0.0923. The van der Waals surface area contributed by atoms with Crippen molar-refractivity contribution < 1.29 is 4.39 Å². The van der Waals surface area contributed by atoms with E-state index in [-0.39, 0.29) is 6.67 Å². The van der Waals surface area contributed by atoms with Crippen molar-refractivity contribution in [3.8, 4) is 0 Å². The number of hydrogen-bond donors (Lipinski definition) is 1. The monoisotopic (exact) mass is 200 g/mol. The van der Waals surface area contributed by atoms with Crippen molar-refractivity contribution in [2.45, 2.75) is 31.7 Å². The van der Waals surface area contributed by atoms with E-state index in [9.17, 15) is 4.39 Å². The lowest BCUT2D eigenvalue weighted by Gasteiger charge is -2.39. The molecule has 0 radical (unpaired) electrons. The Morgan fingerprint density at radius 2 is 2.00 bits per heavy atom. The van der Waals surface area contributed by atoms with Gasteiger partial charge in [0.15, 0.2) is 0 Å². The Morgan fingerprint density at radius 3 is 2.71 bits per heavy atom. The molecule has 1 atom stereocenters. The van der Waals surface area contributed by atoms with Gasteiger partial charge in [-0.05, 0) is 45.3 Å². The van der Waals surface area contributed by atoms with Crippen LogP contribution in [-0.2, 0) is 0 Å². The van der Waals surface area contributed by atoms with Crippen LogP contribution >= 0.6 is 0 Å². The highest BCUT2D eigenvalue weighted by atomic mass is 19.1. The van der Waals surface area contributed by atoms with E-state index in [1.54, 1.807) is 0 Å². The Balaban J connectivity index is 1.83. The molecular formula is C11H21FN2. The maximum absolute atomic E-state index is 12.6. The van der Waals surface area contributed by atoms with E-state index >= 15 is 0 Å². The summed E-state index contributed by atoms with van der Waals surface area (Å²) in [5.74, 6) is 0.318. The molecule has 0 spiro atoms. The van der Waals surface area contributed by atoms with E-state index < -0.39 is 0 Å². The molecule has 0 amide bonds. The Kier molecular flexibility index (Phi) is 3.76. The smallest absolute Gasteiger partial charge is 0.0934 e. The average Bonchev–Trinajstić information content (AvgIpc) is 2.30. The van der Waals surface area contributed by atoms with Gasteiger partial charge in [-0.25, -0.2) is 0 Å². The molecule has 1 N–H and O–H groups in total. The molecule has 3 heteroatoms. The summed E-state index contributed by atoms with van der Waals surface area (Å²) in [4.78, 5) is 2.52. The molecule has 0 saturated carbocycles. The zero-order valence-electron chi connectivity index (χ0n) is 8.84. The average molecular weight is 200 g/mol. The fourth-order valence-corrected chi connectivity index (χ4v) is 2.73. The predicted octanol–water partition coefficient (Wildman–Crippen LogP) is 1.42. The second kappa shape index (κ2) is 5.08. The van der Waals surface area contributed by atoms with Gasteiger partial charge in [0.2, 0.25) is 0 Å². The molecule has 2 fully saturated rings. The molecule has 2 heterocycles. The van der Waals surface area contributed by atoms with Crippen molar-refractivity contribution in [2.24, 2.45) is 5.92 Å². The van der Waals surface area contributed by atoms with E-state index in [1.165, 1.54) is 25.8 Å². The summed E-state index contributed by atoms with van der Waals surface area (Å²) in [6.07, 6.45) is 4.79. The first-order valence-electron chi connectivity index (χ1n) is 5.91. The minimum Gasteiger partial charge on any atom is -0.317 e. The van der Waals surface area contributed by atoms with Crippen molar-refractivity contribution in [3.05, 3.63) is 0 Å². The zero-order chi connectivity index (χ0) is 9.80. The number of halogens is 1. The van der Waals surface area contributed by atoms with Crippen molar-refractivity contribution in [1.82, 2.24) is 10.2 Å². The second-order valence-electron chi connectivity index (χ2n) is 4.64. The molecule has 0 aromatic carbocycles. The molecule has 0 aliphatic carbocycles. The minimum absolute atomic E-state index is 0.124. The van der Waals surface area contributed by atoms with Crippen molar-refractivity contribution in [1.29, 1.82) is 0 Å². The van der Waals surface area contributed by atoms with Crippen molar-refractivity contribution >= 4 is 0 Å². The molecular weight excluding hydrogens is 179 g/mol. The van der Waals surface area contributed by atoms with Crippen LogP contribution in [0.4, 0.5) is 4.39 Å². The number of nitrogens with one attached hydrogen (secondary N) is 1. The quantitative estimate of drug-likeness (QED) is 0.725. The van der Waals surface area contributed by atoms with Crippen LogP contribution in [0.15, 0.2) is 0 Å². The van der Waals surface area contributed by atoms with E-state index in [0.717, 1.165) is 32.1 Å². The topological polar surface area (TPSA) is 15.3 Å². The maximum atomic E-state index is 12.6. The third-order valence-electron chi connectivity index (χ3n) is 3.59. The molecule has 1 unspecified atom stereocenters. The summed E-state index contributed by atoms with van der Waals surface area (Å²) in [5, 5.41) is 3.38.